The maximum atomic E-state index is 5.81. The number of hydrogen-bond donors (Lipinski definition) is 3. The van der Waals surface area contributed by atoms with E-state index in [9.17, 15) is 0 Å². The highest BCUT2D eigenvalue weighted by Crippen LogP contribution is 2.12. The SMILES string of the molecule is COCCNC(N)=NCC(Nc1ccccc1)C(C)C. The van der Waals surface area contributed by atoms with Crippen LogP contribution in [0.1, 0.15) is 13.8 Å². The van der Waals surface area contributed by atoms with Crippen molar-refractivity contribution >= 4 is 11.6 Å². The molecule has 0 spiro atoms. The summed E-state index contributed by atoms with van der Waals surface area (Å²) in [5, 5.41) is 6.50. The molecule has 0 aliphatic rings. The summed E-state index contributed by atoms with van der Waals surface area (Å²) < 4.78 is 4.95. The van der Waals surface area contributed by atoms with Gasteiger partial charge in [-0.05, 0) is 18.1 Å². The smallest absolute Gasteiger partial charge is 0.188 e. The van der Waals surface area contributed by atoms with Gasteiger partial charge in [-0.1, -0.05) is 32.0 Å². The molecule has 0 amide bonds. The Morgan fingerprint density at radius 3 is 2.60 bits per heavy atom. The summed E-state index contributed by atoms with van der Waals surface area (Å²) in [4.78, 5) is 4.38. The maximum absolute atomic E-state index is 5.81. The minimum atomic E-state index is 0.250. The van der Waals surface area contributed by atoms with Gasteiger partial charge in [-0.25, -0.2) is 0 Å². The van der Waals surface area contributed by atoms with Crippen LogP contribution in [0.25, 0.3) is 0 Å². The Morgan fingerprint density at radius 2 is 2.00 bits per heavy atom. The van der Waals surface area contributed by atoms with E-state index >= 15 is 0 Å². The number of ether oxygens (including phenoxy) is 1. The van der Waals surface area contributed by atoms with Gasteiger partial charge in [-0.3, -0.25) is 4.99 Å². The zero-order valence-corrected chi connectivity index (χ0v) is 12.6. The van der Waals surface area contributed by atoms with Crippen LogP contribution in [0.15, 0.2) is 35.3 Å². The van der Waals surface area contributed by atoms with Gasteiger partial charge < -0.3 is 21.1 Å². The Morgan fingerprint density at radius 1 is 1.30 bits per heavy atom. The maximum Gasteiger partial charge on any atom is 0.188 e. The number of benzene rings is 1. The van der Waals surface area contributed by atoms with E-state index in [-0.39, 0.29) is 6.04 Å². The number of para-hydroxylation sites is 1. The Bertz CT molecular complexity index is 392. The lowest BCUT2D eigenvalue weighted by Crippen LogP contribution is -2.36. The van der Waals surface area contributed by atoms with E-state index < -0.39 is 0 Å². The first-order valence-electron chi connectivity index (χ1n) is 6.97. The van der Waals surface area contributed by atoms with E-state index in [0.717, 1.165) is 5.69 Å². The van der Waals surface area contributed by atoms with E-state index in [1.54, 1.807) is 7.11 Å². The average Bonchev–Trinajstić information content (AvgIpc) is 2.44. The lowest BCUT2D eigenvalue weighted by atomic mass is 10.0. The summed E-state index contributed by atoms with van der Waals surface area (Å²) >= 11 is 0. The number of nitrogens with zero attached hydrogens (tertiary/aromatic N) is 1. The molecule has 0 aliphatic carbocycles. The molecule has 0 fully saturated rings. The molecule has 1 aromatic carbocycles. The third-order valence-corrected chi connectivity index (χ3v) is 3.00. The topological polar surface area (TPSA) is 71.7 Å². The van der Waals surface area contributed by atoms with E-state index in [1.165, 1.54) is 0 Å². The van der Waals surface area contributed by atoms with Gasteiger partial charge in [0.2, 0.25) is 0 Å². The first-order chi connectivity index (χ1) is 9.63. The summed E-state index contributed by atoms with van der Waals surface area (Å²) in [6.45, 7) is 6.27. The molecule has 0 saturated heterocycles. The van der Waals surface area contributed by atoms with Crippen molar-refractivity contribution in [3.8, 4) is 0 Å². The molecule has 112 valence electrons. The molecule has 1 rings (SSSR count). The van der Waals surface area contributed by atoms with Gasteiger partial charge in [0, 0.05) is 25.4 Å². The van der Waals surface area contributed by atoms with Crippen LogP contribution >= 0.6 is 0 Å². The third-order valence-electron chi connectivity index (χ3n) is 3.00. The zero-order chi connectivity index (χ0) is 14.8. The van der Waals surface area contributed by atoms with Gasteiger partial charge in [-0.2, -0.15) is 0 Å². The normalized spacial score (nSPS) is 13.3. The molecule has 1 atom stereocenters. The lowest BCUT2D eigenvalue weighted by molar-refractivity contribution is 0.204. The number of nitrogens with one attached hydrogen (secondary N) is 2. The number of hydrogen-bond acceptors (Lipinski definition) is 3. The minimum Gasteiger partial charge on any atom is -0.383 e. The van der Waals surface area contributed by atoms with E-state index in [1.807, 2.05) is 18.2 Å². The van der Waals surface area contributed by atoms with Crippen molar-refractivity contribution in [1.29, 1.82) is 0 Å². The largest absolute Gasteiger partial charge is 0.383 e. The Hall–Kier alpha value is -1.75. The van der Waals surface area contributed by atoms with Crippen LogP contribution in [0.5, 0.6) is 0 Å². The van der Waals surface area contributed by atoms with Crippen molar-refractivity contribution < 1.29 is 4.74 Å². The number of rotatable bonds is 8. The number of aliphatic imine (C=N–C) groups is 1. The molecule has 0 bridgehead atoms. The predicted molar refractivity (Wildman–Crippen MR) is 85.1 cm³/mol. The standard InChI is InChI=1S/C15H26N4O/c1-12(2)14(19-13-7-5-4-6-8-13)11-18-15(16)17-9-10-20-3/h4-8,12,14,19H,9-11H2,1-3H3,(H3,16,17,18). The second-order valence-electron chi connectivity index (χ2n) is 5.01. The van der Waals surface area contributed by atoms with Crippen molar-refractivity contribution in [3.63, 3.8) is 0 Å². The third kappa shape index (κ3) is 6.43. The number of anilines is 1. The van der Waals surface area contributed by atoms with Crippen LogP contribution in [0, 0.1) is 5.92 Å². The Balaban J connectivity index is 2.49. The first-order valence-corrected chi connectivity index (χ1v) is 6.97. The van der Waals surface area contributed by atoms with Crippen molar-refractivity contribution in [2.75, 3.05) is 32.1 Å². The highest BCUT2D eigenvalue weighted by molar-refractivity contribution is 5.77. The van der Waals surface area contributed by atoms with Gasteiger partial charge in [0.25, 0.3) is 0 Å². The molecular formula is C15H26N4O. The molecule has 0 radical (unpaired) electrons. The molecule has 1 unspecified atom stereocenters. The molecule has 20 heavy (non-hydrogen) atoms. The summed E-state index contributed by atoms with van der Waals surface area (Å²) in [6.07, 6.45) is 0. The fourth-order valence-electron chi connectivity index (χ4n) is 1.71. The first kappa shape index (κ1) is 16.3. The Labute approximate surface area is 121 Å². The second-order valence-corrected chi connectivity index (χ2v) is 5.01. The van der Waals surface area contributed by atoms with E-state index in [0.29, 0.717) is 31.6 Å². The molecule has 0 aromatic heterocycles. The fraction of sp³-hybridized carbons (Fsp3) is 0.533. The van der Waals surface area contributed by atoms with Crippen LogP contribution in [-0.2, 0) is 4.74 Å². The summed E-state index contributed by atoms with van der Waals surface area (Å²) in [5.74, 6) is 0.924. The van der Waals surface area contributed by atoms with Crippen molar-refractivity contribution in [2.45, 2.75) is 19.9 Å². The zero-order valence-electron chi connectivity index (χ0n) is 12.6. The van der Waals surface area contributed by atoms with Crippen LogP contribution in [-0.4, -0.2) is 38.8 Å². The molecular weight excluding hydrogens is 252 g/mol. The predicted octanol–water partition coefficient (Wildman–Crippen LogP) is 1.67. The number of nitrogens with two attached hydrogens (primary N) is 1. The van der Waals surface area contributed by atoms with Crippen LogP contribution in [0.3, 0.4) is 0 Å². The average molecular weight is 278 g/mol. The second kappa shape index (κ2) is 9.20. The fourth-order valence-corrected chi connectivity index (χ4v) is 1.71. The summed E-state index contributed by atoms with van der Waals surface area (Å²) in [5.41, 5.74) is 6.92. The highest BCUT2D eigenvalue weighted by atomic mass is 16.5. The molecule has 5 nitrogen and oxygen atoms in total. The van der Waals surface area contributed by atoms with Crippen LogP contribution in [0.2, 0.25) is 0 Å². The molecule has 0 heterocycles. The van der Waals surface area contributed by atoms with Crippen molar-refractivity contribution in [3.05, 3.63) is 30.3 Å². The molecule has 0 aliphatic heterocycles. The molecule has 0 saturated carbocycles. The summed E-state index contributed by atoms with van der Waals surface area (Å²) in [6, 6.07) is 10.4. The van der Waals surface area contributed by atoms with Gasteiger partial charge in [0.05, 0.1) is 13.2 Å². The van der Waals surface area contributed by atoms with Gasteiger partial charge in [0.15, 0.2) is 5.96 Å². The van der Waals surface area contributed by atoms with Crippen LogP contribution < -0.4 is 16.4 Å². The molecule has 1 aromatic rings. The summed E-state index contributed by atoms with van der Waals surface area (Å²) in [7, 11) is 1.66. The lowest BCUT2D eigenvalue weighted by Gasteiger charge is -2.22. The minimum absolute atomic E-state index is 0.250. The van der Waals surface area contributed by atoms with Crippen molar-refractivity contribution in [2.24, 2.45) is 16.6 Å². The van der Waals surface area contributed by atoms with Crippen molar-refractivity contribution in [1.82, 2.24) is 5.32 Å². The monoisotopic (exact) mass is 278 g/mol. The number of methoxy groups -OCH3 is 1. The van der Waals surface area contributed by atoms with Gasteiger partial charge >= 0.3 is 0 Å². The highest BCUT2D eigenvalue weighted by Gasteiger charge is 2.12. The quantitative estimate of drug-likeness (QED) is 0.384. The van der Waals surface area contributed by atoms with Gasteiger partial charge in [0.1, 0.15) is 0 Å². The number of guanidine groups is 1. The van der Waals surface area contributed by atoms with E-state index in [2.05, 4.69) is 41.6 Å². The van der Waals surface area contributed by atoms with Crippen LogP contribution in [0.4, 0.5) is 5.69 Å². The molecule has 4 N–H and O–H groups in total. The molecule has 5 heteroatoms. The van der Waals surface area contributed by atoms with E-state index in [4.69, 9.17) is 10.5 Å². The van der Waals surface area contributed by atoms with Gasteiger partial charge in [-0.15, -0.1) is 0 Å². The Kier molecular flexibility index (Phi) is 7.50.